The quantitative estimate of drug-likeness (QED) is 0.715. The number of rotatable bonds is 6. The molecule has 2 unspecified atom stereocenters. The Morgan fingerprint density at radius 3 is 2.43 bits per heavy atom. The molecule has 1 saturated carbocycles. The van der Waals surface area contributed by atoms with Crippen LogP contribution in [-0.4, -0.2) is 72.6 Å². The van der Waals surface area contributed by atoms with E-state index in [0.717, 1.165) is 32.2 Å². The van der Waals surface area contributed by atoms with E-state index in [2.05, 4.69) is 30.1 Å². The van der Waals surface area contributed by atoms with Crippen molar-refractivity contribution < 1.29 is 14.3 Å². The van der Waals surface area contributed by atoms with E-state index in [1.54, 1.807) is 0 Å². The van der Waals surface area contributed by atoms with E-state index in [4.69, 9.17) is 4.74 Å². The maximum atomic E-state index is 13.7. The number of carbonyl (C=O) groups is 2. The van der Waals surface area contributed by atoms with Gasteiger partial charge in [0.25, 0.3) is 0 Å². The molecule has 3 aliphatic rings. The number of morpholine rings is 1. The number of carbonyl (C=O) groups excluding carboxylic acids is 2. The van der Waals surface area contributed by atoms with E-state index in [1.807, 2.05) is 11.8 Å². The highest BCUT2D eigenvalue weighted by Gasteiger charge is 2.48. The third-order valence-corrected chi connectivity index (χ3v) is 7.50. The smallest absolute Gasteiger partial charge is 0.228 e. The molecule has 0 spiro atoms. The van der Waals surface area contributed by atoms with Crippen molar-refractivity contribution in [2.45, 2.75) is 77.3 Å². The Balaban J connectivity index is 1.77. The Kier molecular flexibility index (Phi) is 7.41. The fourth-order valence-corrected chi connectivity index (χ4v) is 5.25. The minimum absolute atomic E-state index is 0.0303. The van der Waals surface area contributed by atoms with Gasteiger partial charge in [-0.25, -0.2) is 0 Å². The van der Waals surface area contributed by atoms with E-state index >= 15 is 0 Å². The number of nitrogens with one attached hydrogen (secondary N) is 1. The number of likely N-dealkylation sites (tertiary alicyclic amines) is 1. The normalized spacial score (nSPS) is 28.2. The summed E-state index contributed by atoms with van der Waals surface area (Å²) < 4.78 is 5.38. The Labute approximate surface area is 181 Å². The van der Waals surface area contributed by atoms with Crippen molar-refractivity contribution in [3.05, 3.63) is 0 Å². The average molecular weight is 419 g/mol. The zero-order valence-corrected chi connectivity index (χ0v) is 18.9. The molecule has 168 valence electrons. The minimum atomic E-state index is -0.862. The van der Waals surface area contributed by atoms with E-state index in [9.17, 15) is 14.9 Å². The summed E-state index contributed by atoms with van der Waals surface area (Å²) in [5.41, 5.74) is -1.65. The zero-order valence-electron chi connectivity index (χ0n) is 18.9. The molecule has 7 nitrogen and oxygen atoms in total. The molecule has 7 heteroatoms. The van der Waals surface area contributed by atoms with Gasteiger partial charge in [0.1, 0.15) is 5.54 Å². The second-order valence-corrected chi connectivity index (χ2v) is 9.88. The van der Waals surface area contributed by atoms with Gasteiger partial charge in [0.15, 0.2) is 0 Å². The lowest BCUT2D eigenvalue weighted by Crippen LogP contribution is -2.57. The maximum absolute atomic E-state index is 13.7. The largest absolute Gasteiger partial charge is 0.378 e. The second-order valence-electron chi connectivity index (χ2n) is 9.88. The summed E-state index contributed by atoms with van der Waals surface area (Å²) in [6, 6.07) is 2.74. The molecule has 2 amide bonds. The topological polar surface area (TPSA) is 85.7 Å². The van der Waals surface area contributed by atoms with Crippen LogP contribution in [-0.2, 0) is 14.3 Å². The molecule has 2 atom stereocenters. The van der Waals surface area contributed by atoms with Gasteiger partial charge >= 0.3 is 0 Å². The Hall–Kier alpha value is -1.65. The molecule has 2 saturated heterocycles. The molecule has 0 aromatic rings. The van der Waals surface area contributed by atoms with E-state index in [0.29, 0.717) is 45.3 Å². The summed E-state index contributed by atoms with van der Waals surface area (Å²) in [6.45, 7) is 9.83. The van der Waals surface area contributed by atoms with Crippen LogP contribution in [0.3, 0.4) is 0 Å². The second kappa shape index (κ2) is 9.65. The molecule has 0 radical (unpaired) electrons. The molecule has 2 aliphatic heterocycles. The van der Waals surface area contributed by atoms with Crippen molar-refractivity contribution >= 4 is 11.8 Å². The summed E-state index contributed by atoms with van der Waals surface area (Å²) in [5, 5.41) is 13.1. The monoisotopic (exact) mass is 418 g/mol. The predicted octanol–water partition coefficient (Wildman–Crippen LogP) is 2.31. The number of ether oxygens (including phenoxy) is 1. The first-order chi connectivity index (χ1) is 14.3. The summed E-state index contributed by atoms with van der Waals surface area (Å²) in [7, 11) is 0. The summed E-state index contributed by atoms with van der Waals surface area (Å²) in [5.74, 6) is 0.0838. The standard InChI is InChI=1S/C23H38N4O3/c1-18(2)27-10-9-23(16-24,17-27)25-21(29)22(3,19-7-5-4-6-8-19)15-20(28)26-11-13-30-14-12-26/h18-19H,4-15,17H2,1-3H3,(H,25,29). The highest BCUT2D eigenvalue weighted by atomic mass is 16.5. The molecule has 1 N–H and O–H groups in total. The lowest BCUT2D eigenvalue weighted by atomic mass is 9.67. The van der Waals surface area contributed by atoms with Gasteiger partial charge in [-0.15, -0.1) is 0 Å². The van der Waals surface area contributed by atoms with Crippen molar-refractivity contribution in [2.75, 3.05) is 39.4 Å². The number of hydrogen-bond acceptors (Lipinski definition) is 5. The number of nitrogens with zero attached hydrogens (tertiary/aromatic N) is 3. The Morgan fingerprint density at radius 1 is 1.20 bits per heavy atom. The van der Waals surface area contributed by atoms with Crippen LogP contribution in [0, 0.1) is 22.7 Å². The first kappa shape index (κ1) is 23.0. The zero-order chi connectivity index (χ0) is 21.8. The summed E-state index contributed by atoms with van der Waals surface area (Å²) in [4.78, 5) is 30.9. The number of amides is 2. The first-order valence-corrected chi connectivity index (χ1v) is 11.6. The Morgan fingerprint density at radius 2 is 1.87 bits per heavy atom. The molecule has 0 bridgehead atoms. The van der Waals surface area contributed by atoms with Crippen molar-refractivity contribution in [2.24, 2.45) is 11.3 Å². The van der Waals surface area contributed by atoms with Crippen molar-refractivity contribution in [1.29, 1.82) is 5.26 Å². The van der Waals surface area contributed by atoms with Gasteiger partial charge in [-0.2, -0.15) is 5.26 Å². The van der Waals surface area contributed by atoms with Crippen molar-refractivity contribution in [3.8, 4) is 6.07 Å². The van der Waals surface area contributed by atoms with Crippen LogP contribution in [0.25, 0.3) is 0 Å². The molecular weight excluding hydrogens is 380 g/mol. The van der Waals surface area contributed by atoms with Gasteiger partial charge < -0.3 is 15.0 Å². The van der Waals surface area contributed by atoms with Gasteiger partial charge in [-0.05, 0) is 46.0 Å². The van der Waals surface area contributed by atoms with Crippen molar-refractivity contribution in [1.82, 2.24) is 15.1 Å². The molecule has 30 heavy (non-hydrogen) atoms. The van der Waals surface area contributed by atoms with Crippen LogP contribution >= 0.6 is 0 Å². The van der Waals surface area contributed by atoms with Crippen LogP contribution in [0.15, 0.2) is 0 Å². The molecule has 1 aliphatic carbocycles. The van der Waals surface area contributed by atoms with Crippen LogP contribution in [0.1, 0.15) is 65.7 Å². The Bertz CT molecular complexity index is 664. The van der Waals surface area contributed by atoms with Crippen LogP contribution in [0.5, 0.6) is 0 Å². The maximum Gasteiger partial charge on any atom is 0.228 e. The fourth-order valence-electron chi connectivity index (χ4n) is 5.25. The lowest BCUT2D eigenvalue weighted by molar-refractivity contribution is -0.147. The lowest BCUT2D eigenvalue weighted by Gasteiger charge is -2.41. The molecule has 3 fully saturated rings. The average Bonchev–Trinajstić information content (AvgIpc) is 3.19. The molecule has 0 aromatic heterocycles. The predicted molar refractivity (Wildman–Crippen MR) is 115 cm³/mol. The third kappa shape index (κ3) is 4.97. The highest BCUT2D eigenvalue weighted by molar-refractivity contribution is 5.89. The van der Waals surface area contributed by atoms with Gasteiger partial charge in [0, 0.05) is 38.6 Å². The highest BCUT2D eigenvalue weighted by Crippen LogP contribution is 2.42. The van der Waals surface area contributed by atoms with Crippen LogP contribution in [0.4, 0.5) is 0 Å². The van der Waals surface area contributed by atoms with Crippen LogP contribution in [0.2, 0.25) is 0 Å². The van der Waals surface area contributed by atoms with E-state index in [1.165, 1.54) is 6.42 Å². The minimum Gasteiger partial charge on any atom is -0.378 e. The third-order valence-electron chi connectivity index (χ3n) is 7.50. The van der Waals surface area contributed by atoms with Gasteiger partial charge in [0.05, 0.1) is 24.7 Å². The molecule has 2 heterocycles. The SMILES string of the molecule is CC(C)N1CCC(C#N)(NC(=O)C(C)(CC(=O)N2CCOCC2)C2CCCCC2)C1. The number of nitriles is 1. The number of hydrogen-bond donors (Lipinski definition) is 1. The van der Waals surface area contributed by atoms with Gasteiger partial charge in [-0.3, -0.25) is 14.5 Å². The molecule has 3 rings (SSSR count). The van der Waals surface area contributed by atoms with Gasteiger partial charge in [-0.1, -0.05) is 19.3 Å². The summed E-state index contributed by atoms with van der Waals surface area (Å²) in [6.07, 6.45) is 6.17. The molecule has 0 aromatic carbocycles. The molecular formula is C23H38N4O3. The van der Waals surface area contributed by atoms with E-state index in [-0.39, 0.29) is 24.2 Å². The fraction of sp³-hybridized carbons (Fsp3) is 0.870. The first-order valence-electron chi connectivity index (χ1n) is 11.6. The van der Waals surface area contributed by atoms with Crippen molar-refractivity contribution in [3.63, 3.8) is 0 Å². The van der Waals surface area contributed by atoms with Crippen LogP contribution < -0.4 is 5.32 Å². The van der Waals surface area contributed by atoms with E-state index < -0.39 is 11.0 Å². The van der Waals surface area contributed by atoms with Gasteiger partial charge in [0.2, 0.25) is 11.8 Å². The summed E-state index contributed by atoms with van der Waals surface area (Å²) >= 11 is 0.